The largest absolute Gasteiger partial charge is 0.214 e. The van der Waals surface area contributed by atoms with E-state index in [9.17, 15) is 8.42 Å². The normalized spacial score (nSPS) is 12.3. The molecule has 0 aliphatic heterocycles. The zero-order valence-corrected chi connectivity index (χ0v) is 10.4. The molecule has 0 N–H and O–H groups in total. The highest BCUT2D eigenvalue weighted by Gasteiger charge is 2.17. The van der Waals surface area contributed by atoms with Gasteiger partial charge in [0, 0.05) is 13.1 Å². The highest BCUT2D eigenvalue weighted by molar-refractivity contribution is 7.89. The molecule has 0 aromatic heterocycles. The van der Waals surface area contributed by atoms with Crippen molar-refractivity contribution in [2.24, 2.45) is 0 Å². The van der Waals surface area contributed by atoms with E-state index in [1.54, 1.807) is 4.31 Å². The van der Waals surface area contributed by atoms with Crippen LogP contribution in [-0.2, 0) is 10.0 Å². The van der Waals surface area contributed by atoms with Gasteiger partial charge in [0.15, 0.2) is 0 Å². The summed E-state index contributed by atoms with van der Waals surface area (Å²) in [6.45, 7) is 7.07. The molecule has 0 amide bonds. The Labute approximate surface area is 88.5 Å². The Balaban J connectivity index is 3.94. The Morgan fingerprint density at radius 2 is 1.50 bits per heavy atom. The van der Waals surface area contributed by atoms with Crippen LogP contribution < -0.4 is 0 Å². The van der Waals surface area contributed by atoms with Gasteiger partial charge in [0.05, 0.1) is 5.75 Å². The molecule has 86 valence electrons. The minimum atomic E-state index is -2.97. The monoisotopic (exact) mass is 221 g/mol. The summed E-state index contributed by atoms with van der Waals surface area (Å²) in [7, 11) is -2.97. The molecule has 0 unspecified atom stereocenters. The molecule has 0 heterocycles. The molecule has 0 spiro atoms. The van der Waals surface area contributed by atoms with Gasteiger partial charge in [-0.3, -0.25) is 0 Å². The number of hydrogen-bond donors (Lipinski definition) is 0. The van der Waals surface area contributed by atoms with Crippen molar-refractivity contribution < 1.29 is 8.42 Å². The van der Waals surface area contributed by atoms with Crippen LogP contribution in [0.15, 0.2) is 0 Å². The first-order chi connectivity index (χ1) is 6.58. The molecule has 14 heavy (non-hydrogen) atoms. The third-order valence-electron chi connectivity index (χ3n) is 2.35. The number of sulfonamides is 1. The summed E-state index contributed by atoms with van der Waals surface area (Å²) in [5.74, 6) is 0.314. The predicted octanol–water partition coefficient (Wildman–Crippen LogP) is 2.24. The number of nitrogens with zero attached hydrogens (tertiary/aromatic N) is 1. The van der Waals surface area contributed by atoms with Crippen molar-refractivity contribution in [1.82, 2.24) is 4.31 Å². The fourth-order valence-corrected chi connectivity index (χ4v) is 3.07. The van der Waals surface area contributed by atoms with Crippen LogP contribution in [0, 0.1) is 0 Å². The van der Waals surface area contributed by atoms with Gasteiger partial charge in [0.25, 0.3) is 0 Å². The lowest BCUT2D eigenvalue weighted by atomic mass is 10.2. The Bertz CT molecular complexity index is 220. The summed E-state index contributed by atoms with van der Waals surface area (Å²) < 4.78 is 24.9. The molecule has 0 aliphatic carbocycles. The van der Waals surface area contributed by atoms with Crippen molar-refractivity contribution in [2.75, 3.05) is 18.8 Å². The van der Waals surface area contributed by atoms with E-state index in [1.165, 1.54) is 0 Å². The summed E-state index contributed by atoms with van der Waals surface area (Å²) in [4.78, 5) is 0. The van der Waals surface area contributed by atoms with Crippen molar-refractivity contribution in [1.29, 1.82) is 0 Å². The standard InChI is InChI=1S/C10H23NO2S/c1-4-7-8-9-10-14(12,13)11(5-2)6-3/h4-10H2,1-3H3. The highest BCUT2D eigenvalue weighted by atomic mass is 32.2. The van der Waals surface area contributed by atoms with Gasteiger partial charge in [0.1, 0.15) is 0 Å². The maximum Gasteiger partial charge on any atom is 0.214 e. The minimum absolute atomic E-state index is 0.314. The molecule has 0 bridgehead atoms. The van der Waals surface area contributed by atoms with E-state index >= 15 is 0 Å². The molecule has 0 fully saturated rings. The van der Waals surface area contributed by atoms with Crippen LogP contribution in [0.1, 0.15) is 46.5 Å². The Kier molecular flexibility index (Phi) is 7.19. The summed E-state index contributed by atoms with van der Waals surface area (Å²) in [6, 6.07) is 0. The smallest absolute Gasteiger partial charge is 0.212 e. The fraction of sp³-hybridized carbons (Fsp3) is 1.00. The van der Waals surface area contributed by atoms with Gasteiger partial charge >= 0.3 is 0 Å². The molecule has 3 nitrogen and oxygen atoms in total. The molecule has 0 saturated carbocycles. The van der Waals surface area contributed by atoms with E-state index in [1.807, 2.05) is 13.8 Å². The highest BCUT2D eigenvalue weighted by Crippen LogP contribution is 2.06. The van der Waals surface area contributed by atoms with Crippen LogP contribution in [-0.4, -0.2) is 31.6 Å². The van der Waals surface area contributed by atoms with Gasteiger partial charge in [-0.25, -0.2) is 12.7 Å². The molecule has 0 aromatic carbocycles. The van der Waals surface area contributed by atoms with E-state index in [0.717, 1.165) is 25.7 Å². The molecular formula is C10H23NO2S. The van der Waals surface area contributed by atoms with E-state index in [2.05, 4.69) is 6.92 Å². The van der Waals surface area contributed by atoms with Crippen molar-refractivity contribution in [3.05, 3.63) is 0 Å². The minimum Gasteiger partial charge on any atom is -0.212 e. The van der Waals surface area contributed by atoms with E-state index in [-0.39, 0.29) is 0 Å². The molecule has 0 rings (SSSR count). The van der Waals surface area contributed by atoms with Crippen LogP contribution in [0.3, 0.4) is 0 Å². The SMILES string of the molecule is CCCCCCS(=O)(=O)N(CC)CC. The second-order valence-corrected chi connectivity index (χ2v) is 5.55. The molecular weight excluding hydrogens is 198 g/mol. The van der Waals surface area contributed by atoms with Gasteiger partial charge in [-0.05, 0) is 6.42 Å². The van der Waals surface area contributed by atoms with Crippen molar-refractivity contribution >= 4 is 10.0 Å². The summed E-state index contributed by atoms with van der Waals surface area (Å²) >= 11 is 0. The quantitative estimate of drug-likeness (QED) is 0.589. The molecule has 0 radical (unpaired) electrons. The number of unbranched alkanes of at least 4 members (excludes halogenated alkanes) is 3. The Hall–Kier alpha value is -0.0900. The van der Waals surface area contributed by atoms with Gasteiger partial charge in [-0.15, -0.1) is 0 Å². The number of hydrogen-bond acceptors (Lipinski definition) is 2. The summed E-state index contributed by atoms with van der Waals surface area (Å²) in [5.41, 5.74) is 0. The van der Waals surface area contributed by atoms with E-state index in [0.29, 0.717) is 18.8 Å². The molecule has 0 saturated heterocycles. The molecule has 0 aliphatic rings. The molecule has 0 atom stereocenters. The van der Waals surface area contributed by atoms with Crippen LogP contribution >= 0.6 is 0 Å². The zero-order chi connectivity index (χ0) is 11.0. The van der Waals surface area contributed by atoms with Crippen molar-refractivity contribution in [2.45, 2.75) is 46.5 Å². The zero-order valence-electron chi connectivity index (χ0n) is 9.62. The first-order valence-electron chi connectivity index (χ1n) is 5.56. The van der Waals surface area contributed by atoms with Gasteiger partial charge in [-0.1, -0.05) is 40.0 Å². The third kappa shape index (κ3) is 4.96. The average Bonchev–Trinajstić information content (AvgIpc) is 2.14. The van der Waals surface area contributed by atoms with Crippen LogP contribution in [0.5, 0.6) is 0 Å². The Morgan fingerprint density at radius 3 is 1.93 bits per heavy atom. The Morgan fingerprint density at radius 1 is 0.929 bits per heavy atom. The molecule has 0 aromatic rings. The van der Waals surface area contributed by atoms with Gasteiger partial charge in [0.2, 0.25) is 10.0 Å². The third-order valence-corrected chi connectivity index (χ3v) is 4.46. The van der Waals surface area contributed by atoms with E-state index in [4.69, 9.17) is 0 Å². The van der Waals surface area contributed by atoms with Crippen LogP contribution in [0.25, 0.3) is 0 Å². The van der Waals surface area contributed by atoms with Crippen molar-refractivity contribution in [3.8, 4) is 0 Å². The topological polar surface area (TPSA) is 37.4 Å². The maximum absolute atomic E-state index is 11.7. The first-order valence-corrected chi connectivity index (χ1v) is 7.17. The summed E-state index contributed by atoms with van der Waals surface area (Å²) in [6.07, 6.45) is 4.10. The lowest BCUT2D eigenvalue weighted by molar-refractivity contribution is 0.443. The number of rotatable bonds is 8. The lowest BCUT2D eigenvalue weighted by Crippen LogP contribution is -2.32. The summed E-state index contributed by atoms with van der Waals surface area (Å²) in [5, 5.41) is 0. The molecule has 4 heteroatoms. The van der Waals surface area contributed by atoms with E-state index < -0.39 is 10.0 Å². The second-order valence-electron chi connectivity index (χ2n) is 3.46. The fourth-order valence-electron chi connectivity index (χ4n) is 1.46. The van der Waals surface area contributed by atoms with Crippen LogP contribution in [0.2, 0.25) is 0 Å². The van der Waals surface area contributed by atoms with Crippen molar-refractivity contribution in [3.63, 3.8) is 0 Å². The van der Waals surface area contributed by atoms with Gasteiger partial charge < -0.3 is 0 Å². The average molecular weight is 221 g/mol. The maximum atomic E-state index is 11.7. The second kappa shape index (κ2) is 7.23. The first kappa shape index (κ1) is 13.9. The van der Waals surface area contributed by atoms with Gasteiger partial charge in [-0.2, -0.15) is 0 Å². The predicted molar refractivity (Wildman–Crippen MR) is 60.8 cm³/mol. The van der Waals surface area contributed by atoms with Crippen LogP contribution in [0.4, 0.5) is 0 Å². The lowest BCUT2D eigenvalue weighted by Gasteiger charge is -2.17.